The first-order valence-electron chi connectivity index (χ1n) is 3.11. The Labute approximate surface area is 65.6 Å². The summed E-state index contributed by atoms with van der Waals surface area (Å²) < 4.78 is 5.15. The Balaban J connectivity index is 2.81. The van der Waals surface area contributed by atoms with Gasteiger partial charge in [0.25, 0.3) is 0 Å². The average Bonchev–Trinajstić information content (AvgIpc) is 1.94. The third kappa shape index (κ3) is 1.64. The molecule has 0 fully saturated rings. The van der Waals surface area contributed by atoms with E-state index in [1.807, 2.05) is 19.1 Å². The molecule has 0 aliphatic carbocycles. The molecule has 0 unspecified atom stereocenters. The van der Waals surface area contributed by atoms with Gasteiger partial charge in [0.2, 0.25) is 5.88 Å². The molecule has 0 aliphatic heterocycles. The quantitative estimate of drug-likeness (QED) is 0.657. The minimum atomic E-state index is 0.605. The summed E-state index contributed by atoms with van der Waals surface area (Å²) in [6.07, 6.45) is 1.69. The SMILES string of the molecule is CCOc1ncccc1S. The molecule has 10 heavy (non-hydrogen) atoms. The topological polar surface area (TPSA) is 22.1 Å². The highest BCUT2D eigenvalue weighted by atomic mass is 32.1. The van der Waals surface area contributed by atoms with Gasteiger partial charge in [-0.05, 0) is 19.1 Å². The number of rotatable bonds is 2. The number of hydrogen-bond donors (Lipinski definition) is 1. The van der Waals surface area contributed by atoms with Crippen LogP contribution in [0.15, 0.2) is 23.2 Å². The van der Waals surface area contributed by atoms with Crippen LogP contribution in [0, 0.1) is 0 Å². The molecule has 3 heteroatoms. The number of thiol groups is 1. The molecular formula is C7H9NOS. The van der Waals surface area contributed by atoms with Crippen molar-refractivity contribution >= 4 is 12.6 Å². The van der Waals surface area contributed by atoms with Crippen molar-refractivity contribution in [3.63, 3.8) is 0 Å². The van der Waals surface area contributed by atoms with Crippen LogP contribution in [0.4, 0.5) is 0 Å². The monoisotopic (exact) mass is 155 g/mol. The molecule has 1 aromatic rings. The lowest BCUT2D eigenvalue weighted by molar-refractivity contribution is 0.318. The predicted octanol–water partition coefficient (Wildman–Crippen LogP) is 1.77. The van der Waals surface area contributed by atoms with Crippen LogP contribution in [0.1, 0.15) is 6.92 Å². The van der Waals surface area contributed by atoms with Crippen molar-refractivity contribution in [2.45, 2.75) is 11.8 Å². The molecule has 1 aromatic heterocycles. The van der Waals surface area contributed by atoms with Gasteiger partial charge < -0.3 is 4.74 Å². The van der Waals surface area contributed by atoms with E-state index in [4.69, 9.17) is 4.74 Å². The van der Waals surface area contributed by atoms with Gasteiger partial charge in [-0.2, -0.15) is 0 Å². The summed E-state index contributed by atoms with van der Waals surface area (Å²) >= 11 is 4.14. The van der Waals surface area contributed by atoms with Crippen molar-refractivity contribution in [3.05, 3.63) is 18.3 Å². The molecule has 1 rings (SSSR count). The minimum absolute atomic E-state index is 0.605. The maximum Gasteiger partial charge on any atom is 0.227 e. The molecule has 0 saturated heterocycles. The van der Waals surface area contributed by atoms with Gasteiger partial charge in [0.1, 0.15) is 0 Å². The Bertz CT molecular complexity index is 215. The molecule has 1 heterocycles. The predicted molar refractivity (Wildman–Crippen MR) is 42.7 cm³/mol. The fourth-order valence-corrected chi connectivity index (χ4v) is 0.839. The third-order valence-electron chi connectivity index (χ3n) is 1.03. The second-order valence-electron chi connectivity index (χ2n) is 1.76. The van der Waals surface area contributed by atoms with Crippen LogP contribution in [0.5, 0.6) is 5.88 Å². The highest BCUT2D eigenvalue weighted by Crippen LogP contribution is 2.17. The van der Waals surface area contributed by atoms with E-state index >= 15 is 0 Å². The van der Waals surface area contributed by atoms with Crippen LogP contribution in [-0.2, 0) is 0 Å². The number of aromatic nitrogens is 1. The van der Waals surface area contributed by atoms with Crippen molar-refractivity contribution in [2.24, 2.45) is 0 Å². The molecule has 0 spiro atoms. The van der Waals surface area contributed by atoms with Gasteiger partial charge in [0.15, 0.2) is 0 Å². The van der Waals surface area contributed by atoms with Gasteiger partial charge in [0, 0.05) is 6.20 Å². The smallest absolute Gasteiger partial charge is 0.227 e. The normalized spacial score (nSPS) is 9.40. The fraction of sp³-hybridized carbons (Fsp3) is 0.286. The van der Waals surface area contributed by atoms with Crippen molar-refractivity contribution in [1.82, 2.24) is 4.98 Å². The Morgan fingerprint density at radius 2 is 2.50 bits per heavy atom. The first-order valence-corrected chi connectivity index (χ1v) is 3.56. The summed E-state index contributed by atoms with van der Waals surface area (Å²) in [6, 6.07) is 3.67. The summed E-state index contributed by atoms with van der Waals surface area (Å²) in [5, 5.41) is 0. The number of ether oxygens (including phenoxy) is 1. The largest absolute Gasteiger partial charge is 0.477 e. The Hall–Kier alpha value is -0.700. The number of hydrogen-bond acceptors (Lipinski definition) is 3. The first-order chi connectivity index (χ1) is 4.84. The zero-order valence-electron chi connectivity index (χ0n) is 5.74. The van der Waals surface area contributed by atoms with Crippen molar-refractivity contribution in [2.75, 3.05) is 6.61 Å². The molecule has 0 saturated carbocycles. The molecule has 0 amide bonds. The van der Waals surface area contributed by atoms with Crippen LogP contribution in [0.3, 0.4) is 0 Å². The van der Waals surface area contributed by atoms with Crippen molar-refractivity contribution in [1.29, 1.82) is 0 Å². The maximum absolute atomic E-state index is 5.15. The molecule has 54 valence electrons. The number of pyridine rings is 1. The van der Waals surface area contributed by atoms with Crippen LogP contribution in [-0.4, -0.2) is 11.6 Å². The molecule has 0 aliphatic rings. The van der Waals surface area contributed by atoms with E-state index in [9.17, 15) is 0 Å². The van der Waals surface area contributed by atoms with Gasteiger partial charge in [-0.15, -0.1) is 12.6 Å². The molecule has 0 aromatic carbocycles. The van der Waals surface area contributed by atoms with Gasteiger partial charge in [-0.1, -0.05) is 0 Å². The fourth-order valence-electron chi connectivity index (χ4n) is 0.630. The summed E-state index contributed by atoms with van der Waals surface area (Å²) in [7, 11) is 0. The summed E-state index contributed by atoms with van der Waals surface area (Å²) in [4.78, 5) is 4.75. The van der Waals surface area contributed by atoms with E-state index in [1.54, 1.807) is 6.20 Å². The second kappa shape index (κ2) is 3.46. The average molecular weight is 155 g/mol. The van der Waals surface area contributed by atoms with Gasteiger partial charge >= 0.3 is 0 Å². The molecule has 0 bridgehead atoms. The van der Waals surface area contributed by atoms with Crippen LogP contribution in [0.2, 0.25) is 0 Å². The van der Waals surface area contributed by atoms with Crippen LogP contribution < -0.4 is 4.74 Å². The van der Waals surface area contributed by atoms with Crippen molar-refractivity contribution in [3.8, 4) is 5.88 Å². The van der Waals surface area contributed by atoms with Gasteiger partial charge in [-0.25, -0.2) is 4.98 Å². The highest BCUT2D eigenvalue weighted by Gasteiger charge is 1.96. The summed E-state index contributed by atoms with van der Waals surface area (Å²) in [6.45, 7) is 2.55. The van der Waals surface area contributed by atoms with E-state index in [0.717, 1.165) is 4.90 Å². The third-order valence-corrected chi connectivity index (χ3v) is 1.37. The van der Waals surface area contributed by atoms with Crippen LogP contribution >= 0.6 is 12.6 Å². The van der Waals surface area contributed by atoms with E-state index in [-0.39, 0.29) is 0 Å². The Kier molecular flexibility index (Phi) is 2.57. The van der Waals surface area contributed by atoms with Crippen molar-refractivity contribution < 1.29 is 4.74 Å². The van der Waals surface area contributed by atoms with E-state index < -0.39 is 0 Å². The van der Waals surface area contributed by atoms with E-state index in [0.29, 0.717) is 12.5 Å². The minimum Gasteiger partial charge on any atom is -0.477 e. The summed E-state index contributed by atoms with van der Waals surface area (Å²) in [5.41, 5.74) is 0. The zero-order valence-corrected chi connectivity index (χ0v) is 6.64. The van der Waals surface area contributed by atoms with E-state index in [2.05, 4.69) is 17.6 Å². The standard InChI is InChI=1S/C7H9NOS/c1-2-9-7-6(10)4-3-5-8-7/h3-5,10H,2H2,1H3. The lowest BCUT2D eigenvalue weighted by Gasteiger charge is -2.02. The lowest BCUT2D eigenvalue weighted by atomic mass is 10.5. The molecule has 0 radical (unpaired) electrons. The Morgan fingerprint density at radius 3 is 3.10 bits per heavy atom. The molecular weight excluding hydrogens is 146 g/mol. The zero-order chi connectivity index (χ0) is 7.40. The van der Waals surface area contributed by atoms with Crippen LogP contribution in [0.25, 0.3) is 0 Å². The van der Waals surface area contributed by atoms with Gasteiger partial charge in [-0.3, -0.25) is 0 Å². The molecule has 0 atom stereocenters. The maximum atomic E-state index is 5.15. The second-order valence-corrected chi connectivity index (χ2v) is 2.24. The van der Waals surface area contributed by atoms with Gasteiger partial charge in [0.05, 0.1) is 11.5 Å². The molecule has 2 nitrogen and oxygen atoms in total. The number of nitrogens with zero attached hydrogens (tertiary/aromatic N) is 1. The summed E-state index contributed by atoms with van der Waals surface area (Å²) in [5.74, 6) is 0.605. The van der Waals surface area contributed by atoms with E-state index in [1.165, 1.54) is 0 Å². The molecule has 0 N–H and O–H groups in total. The Morgan fingerprint density at radius 1 is 1.70 bits per heavy atom. The lowest BCUT2D eigenvalue weighted by Crippen LogP contribution is -1.94. The highest BCUT2D eigenvalue weighted by molar-refractivity contribution is 7.80. The first kappa shape index (κ1) is 7.41.